The monoisotopic (exact) mass is 366 g/mol. The van der Waals surface area contributed by atoms with Crippen molar-refractivity contribution in [2.45, 2.75) is 50.4 Å². The molecule has 0 fully saturated rings. The lowest BCUT2D eigenvalue weighted by atomic mass is 9.79. The fourth-order valence-electron chi connectivity index (χ4n) is 2.59. The van der Waals surface area contributed by atoms with Crippen LogP contribution >= 0.6 is 22.6 Å². The van der Waals surface area contributed by atoms with E-state index in [0.29, 0.717) is 0 Å². The third-order valence-electron chi connectivity index (χ3n) is 3.69. The number of rotatable bonds is 1. The quantitative estimate of drug-likeness (QED) is 0.422. The fourth-order valence-corrected chi connectivity index (χ4v) is 3.04. The molecule has 2 rings (SSSR count). The molecule has 19 heavy (non-hydrogen) atoms. The molecule has 0 N–H and O–H groups in total. The molecule has 102 valence electrons. The van der Waals surface area contributed by atoms with E-state index in [0.717, 1.165) is 0 Å². The van der Waals surface area contributed by atoms with E-state index < -0.39 is 0 Å². The zero-order valence-electron chi connectivity index (χ0n) is 12.8. The maximum absolute atomic E-state index is 2.55. The van der Waals surface area contributed by atoms with Crippen LogP contribution in [0, 0.1) is 6.92 Å². The minimum atomic E-state index is 0.150. The zero-order valence-corrected chi connectivity index (χ0v) is 14.9. The van der Waals surface area contributed by atoms with Crippen molar-refractivity contribution in [2.75, 3.05) is 0 Å². The Labute approximate surface area is 130 Å². The van der Waals surface area contributed by atoms with Crippen LogP contribution in [-0.4, -0.2) is 0 Å². The van der Waals surface area contributed by atoms with E-state index in [1.54, 1.807) is 0 Å². The summed E-state index contributed by atoms with van der Waals surface area (Å²) in [5.41, 5.74) is 4.46. The smallest absolute Gasteiger partial charge is 0.0417 e. The molecule has 0 atom stereocenters. The van der Waals surface area contributed by atoms with Gasteiger partial charge in [0.05, 0.1) is 0 Å². The van der Waals surface area contributed by atoms with Crippen LogP contribution in [-0.2, 0) is 8.84 Å². The molecule has 0 amide bonds. The van der Waals surface area contributed by atoms with E-state index in [1.165, 1.54) is 27.5 Å². The van der Waals surface area contributed by atoms with Crippen LogP contribution in [0.4, 0.5) is 0 Å². The molecule has 0 aliphatic carbocycles. The number of halogens is 1. The molecular formula is C18H23I. The summed E-state index contributed by atoms with van der Waals surface area (Å²) in [5, 5.41) is 2.74. The highest BCUT2D eigenvalue weighted by Gasteiger charge is 2.26. The summed E-state index contributed by atoms with van der Waals surface area (Å²) < 4.78 is 0.150. The average molecular weight is 366 g/mol. The first-order chi connectivity index (χ1) is 8.60. The lowest BCUT2D eigenvalue weighted by Gasteiger charge is -2.30. The molecule has 0 unspecified atom stereocenters. The van der Waals surface area contributed by atoms with Crippen LogP contribution in [0.25, 0.3) is 10.8 Å². The van der Waals surface area contributed by atoms with Gasteiger partial charge in [-0.1, -0.05) is 67.6 Å². The SMILES string of the molecule is Cc1cccc2cc(C(C)(C)C)c(C(C)(C)I)cc12. The highest BCUT2D eigenvalue weighted by Crippen LogP contribution is 2.40. The van der Waals surface area contributed by atoms with Crippen LogP contribution in [0.5, 0.6) is 0 Å². The molecule has 0 radical (unpaired) electrons. The van der Waals surface area contributed by atoms with Gasteiger partial charge in [-0.25, -0.2) is 0 Å². The molecule has 1 heteroatoms. The maximum Gasteiger partial charge on any atom is 0.0417 e. The molecule has 0 saturated carbocycles. The number of benzene rings is 2. The van der Waals surface area contributed by atoms with Gasteiger partial charge in [-0.2, -0.15) is 0 Å². The molecule has 0 saturated heterocycles. The van der Waals surface area contributed by atoms with Gasteiger partial charge in [-0.3, -0.25) is 0 Å². The van der Waals surface area contributed by atoms with Crippen molar-refractivity contribution >= 4 is 33.4 Å². The minimum absolute atomic E-state index is 0.150. The molecule has 0 aliphatic heterocycles. The topological polar surface area (TPSA) is 0 Å². The number of fused-ring (bicyclic) bond motifs is 1. The average Bonchev–Trinajstić information content (AvgIpc) is 2.25. The van der Waals surface area contributed by atoms with Crippen molar-refractivity contribution < 1.29 is 0 Å². The maximum atomic E-state index is 2.55. The van der Waals surface area contributed by atoms with E-state index in [2.05, 4.69) is 94.5 Å². The second-order valence-electron chi connectivity index (χ2n) is 6.92. The number of aryl methyl sites for hydroxylation is 1. The predicted octanol–water partition coefficient (Wildman–Crippen LogP) is 6.12. The highest BCUT2D eigenvalue weighted by molar-refractivity contribution is 14.1. The van der Waals surface area contributed by atoms with Gasteiger partial charge in [0.15, 0.2) is 0 Å². The van der Waals surface area contributed by atoms with Crippen molar-refractivity contribution in [1.29, 1.82) is 0 Å². The van der Waals surface area contributed by atoms with E-state index in [1.807, 2.05) is 0 Å². The molecule has 0 nitrogen and oxygen atoms in total. The Hall–Kier alpha value is -0.570. The van der Waals surface area contributed by atoms with Gasteiger partial charge in [-0.05, 0) is 59.7 Å². The van der Waals surface area contributed by atoms with Gasteiger partial charge < -0.3 is 0 Å². The Morgan fingerprint density at radius 2 is 1.53 bits per heavy atom. The first-order valence-corrected chi connectivity index (χ1v) is 7.92. The third kappa shape index (κ3) is 2.96. The fraction of sp³-hybridized carbons (Fsp3) is 0.444. The van der Waals surface area contributed by atoms with Gasteiger partial charge in [0.1, 0.15) is 0 Å². The molecule has 2 aromatic carbocycles. The van der Waals surface area contributed by atoms with Gasteiger partial charge in [-0.15, -0.1) is 0 Å². The molecule has 0 spiro atoms. The molecular weight excluding hydrogens is 343 g/mol. The first kappa shape index (κ1) is 14.8. The zero-order chi connectivity index (χ0) is 14.4. The van der Waals surface area contributed by atoms with Crippen molar-refractivity contribution in [3.63, 3.8) is 0 Å². The number of hydrogen-bond donors (Lipinski definition) is 0. The number of hydrogen-bond acceptors (Lipinski definition) is 0. The van der Waals surface area contributed by atoms with E-state index in [4.69, 9.17) is 0 Å². The Balaban J connectivity index is 2.87. The molecule has 0 heterocycles. The van der Waals surface area contributed by atoms with Crippen LogP contribution in [0.1, 0.15) is 51.3 Å². The van der Waals surface area contributed by atoms with Gasteiger partial charge in [0, 0.05) is 3.42 Å². The summed E-state index contributed by atoms with van der Waals surface area (Å²) >= 11 is 2.55. The first-order valence-electron chi connectivity index (χ1n) is 6.84. The Morgan fingerprint density at radius 3 is 2.05 bits per heavy atom. The second-order valence-corrected chi connectivity index (χ2v) is 9.61. The van der Waals surface area contributed by atoms with Crippen molar-refractivity contribution in [3.8, 4) is 0 Å². The summed E-state index contributed by atoms with van der Waals surface area (Å²) in [5.74, 6) is 0. The minimum Gasteiger partial charge on any atom is -0.0743 e. The summed E-state index contributed by atoms with van der Waals surface area (Å²) in [6.07, 6.45) is 0. The van der Waals surface area contributed by atoms with Crippen LogP contribution in [0.2, 0.25) is 0 Å². The Morgan fingerprint density at radius 1 is 0.895 bits per heavy atom. The molecule has 0 aromatic heterocycles. The second kappa shape index (κ2) is 4.76. The summed E-state index contributed by atoms with van der Waals surface area (Å²) in [6, 6.07) is 11.4. The van der Waals surface area contributed by atoms with E-state index in [-0.39, 0.29) is 8.84 Å². The summed E-state index contributed by atoms with van der Waals surface area (Å²) in [6.45, 7) is 13.7. The Kier molecular flexibility index (Phi) is 3.72. The van der Waals surface area contributed by atoms with Crippen molar-refractivity contribution in [3.05, 3.63) is 47.0 Å². The third-order valence-corrected chi connectivity index (χ3v) is 4.27. The Bertz CT molecular complexity index is 610. The normalized spacial score (nSPS) is 13.0. The lowest BCUT2D eigenvalue weighted by Crippen LogP contribution is -2.20. The molecule has 0 aliphatic rings. The van der Waals surface area contributed by atoms with Crippen molar-refractivity contribution in [1.82, 2.24) is 0 Å². The standard InChI is InChI=1S/C18H23I/c1-12-8-7-9-13-10-15(17(2,3)4)16(11-14(12)13)18(5,6)19/h7-11H,1-6H3. The van der Waals surface area contributed by atoms with E-state index >= 15 is 0 Å². The number of alkyl halides is 1. The van der Waals surface area contributed by atoms with E-state index in [9.17, 15) is 0 Å². The van der Waals surface area contributed by atoms with Crippen LogP contribution in [0.3, 0.4) is 0 Å². The van der Waals surface area contributed by atoms with Gasteiger partial charge in [0.2, 0.25) is 0 Å². The molecule has 2 aromatic rings. The summed E-state index contributed by atoms with van der Waals surface area (Å²) in [4.78, 5) is 0. The lowest BCUT2D eigenvalue weighted by molar-refractivity contribution is 0.576. The largest absolute Gasteiger partial charge is 0.0743 e. The van der Waals surface area contributed by atoms with Gasteiger partial charge in [0.25, 0.3) is 0 Å². The predicted molar refractivity (Wildman–Crippen MR) is 94.4 cm³/mol. The molecule has 0 bridgehead atoms. The van der Waals surface area contributed by atoms with Crippen LogP contribution in [0.15, 0.2) is 30.3 Å². The van der Waals surface area contributed by atoms with Crippen molar-refractivity contribution in [2.24, 2.45) is 0 Å². The van der Waals surface area contributed by atoms with Crippen LogP contribution < -0.4 is 0 Å². The summed E-state index contributed by atoms with van der Waals surface area (Å²) in [7, 11) is 0. The van der Waals surface area contributed by atoms with Gasteiger partial charge >= 0.3 is 0 Å². The highest BCUT2D eigenvalue weighted by atomic mass is 127.